The molecule has 0 aliphatic heterocycles. The molecule has 0 fully saturated rings. The number of aliphatic hydroxyl groups excluding tert-OH is 1. The Labute approximate surface area is 107 Å². The fourth-order valence-corrected chi connectivity index (χ4v) is 2.17. The van der Waals surface area contributed by atoms with Crippen LogP contribution in [0.1, 0.15) is 18.6 Å². The van der Waals surface area contributed by atoms with Crippen LogP contribution in [-0.2, 0) is 0 Å². The van der Waals surface area contributed by atoms with E-state index < -0.39 is 6.10 Å². The second kappa shape index (κ2) is 5.38. The highest BCUT2D eigenvalue weighted by Gasteiger charge is 2.18. The predicted molar refractivity (Wildman–Crippen MR) is 73.7 cm³/mol. The summed E-state index contributed by atoms with van der Waals surface area (Å²) in [6, 6.07) is 11.7. The number of nitrogens with two attached hydrogens (primary N) is 1. The lowest BCUT2D eigenvalue weighted by Crippen LogP contribution is -2.19. The van der Waals surface area contributed by atoms with Crippen LogP contribution < -0.4 is 10.5 Å². The Balaban J connectivity index is 2.59. The number of benzene rings is 2. The lowest BCUT2D eigenvalue weighted by molar-refractivity contribution is 0.123. The van der Waals surface area contributed by atoms with Crippen LogP contribution in [0.2, 0.25) is 0 Å². The summed E-state index contributed by atoms with van der Waals surface area (Å²) in [6.07, 6.45) is -0.550. The molecular weight excluding hydrogens is 226 g/mol. The van der Waals surface area contributed by atoms with Gasteiger partial charge in [0.15, 0.2) is 0 Å². The zero-order valence-corrected chi connectivity index (χ0v) is 10.8. The molecule has 2 aromatic carbocycles. The summed E-state index contributed by atoms with van der Waals surface area (Å²) in [5.41, 5.74) is 6.53. The van der Waals surface area contributed by atoms with Gasteiger partial charge in [-0.25, -0.2) is 0 Å². The molecule has 0 bridgehead atoms. The smallest absolute Gasteiger partial charge is 0.126 e. The third-order valence-corrected chi connectivity index (χ3v) is 3.37. The van der Waals surface area contributed by atoms with Crippen LogP contribution >= 0.6 is 0 Å². The van der Waals surface area contributed by atoms with Crippen molar-refractivity contribution in [2.24, 2.45) is 11.7 Å². The van der Waals surface area contributed by atoms with Crippen LogP contribution in [0.15, 0.2) is 36.4 Å². The summed E-state index contributed by atoms with van der Waals surface area (Å²) >= 11 is 0. The summed E-state index contributed by atoms with van der Waals surface area (Å²) < 4.78 is 5.34. The van der Waals surface area contributed by atoms with E-state index in [0.717, 1.165) is 22.1 Å². The molecule has 96 valence electrons. The minimum Gasteiger partial charge on any atom is -0.496 e. The van der Waals surface area contributed by atoms with Crippen molar-refractivity contribution in [3.63, 3.8) is 0 Å². The first-order chi connectivity index (χ1) is 8.69. The largest absolute Gasteiger partial charge is 0.496 e. The molecule has 0 aliphatic rings. The van der Waals surface area contributed by atoms with Gasteiger partial charge in [-0.15, -0.1) is 0 Å². The standard InChI is InChI=1S/C15H19NO2/c1-10(9-16)15(17)13-7-8-14(18-2)12-6-4-3-5-11(12)13/h3-8,10,15,17H,9,16H2,1-2H3. The van der Waals surface area contributed by atoms with E-state index in [1.54, 1.807) is 7.11 Å². The van der Waals surface area contributed by atoms with Crippen molar-refractivity contribution in [1.29, 1.82) is 0 Å². The maximum absolute atomic E-state index is 10.3. The Morgan fingerprint density at radius 1 is 1.17 bits per heavy atom. The Hall–Kier alpha value is -1.58. The predicted octanol–water partition coefficient (Wildman–Crippen LogP) is 2.48. The average Bonchev–Trinajstić information content (AvgIpc) is 2.44. The van der Waals surface area contributed by atoms with Gasteiger partial charge in [-0.1, -0.05) is 37.3 Å². The molecule has 0 saturated carbocycles. The fraction of sp³-hybridized carbons (Fsp3) is 0.333. The molecule has 2 rings (SSSR count). The van der Waals surface area contributed by atoms with Gasteiger partial charge in [-0.05, 0) is 29.5 Å². The molecule has 0 amide bonds. The first-order valence-corrected chi connectivity index (χ1v) is 6.12. The molecule has 0 heterocycles. The summed E-state index contributed by atoms with van der Waals surface area (Å²) in [6.45, 7) is 2.41. The van der Waals surface area contributed by atoms with E-state index in [1.165, 1.54) is 0 Å². The molecule has 3 N–H and O–H groups in total. The van der Waals surface area contributed by atoms with E-state index in [1.807, 2.05) is 43.3 Å². The Morgan fingerprint density at radius 3 is 2.44 bits per heavy atom. The molecule has 0 aromatic heterocycles. The molecular formula is C15H19NO2. The summed E-state index contributed by atoms with van der Waals surface area (Å²) in [5.74, 6) is 0.851. The fourth-order valence-electron chi connectivity index (χ4n) is 2.17. The van der Waals surface area contributed by atoms with Gasteiger partial charge in [-0.2, -0.15) is 0 Å². The Kier molecular flexibility index (Phi) is 3.84. The van der Waals surface area contributed by atoms with Gasteiger partial charge in [0.1, 0.15) is 5.75 Å². The van der Waals surface area contributed by atoms with Crippen LogP contribution in [0.3, 0.4) is 0 Å². The maximum atomic E-state index is 10.3. The number of fused-ring (bicyclic) bond motifs is 1. The number of rotatable bonds is 4. The van der Waals surface area contributed by atoms with Gasteiger partial charge in [0.05, 0.1) is 13.2 Å². The topological polar surface area (TPSA) is 55.5 Å². The molecule has 18 heavy (non-hydrogen) atoms. The molecule has 2 unspecified atom stereocenters. The van der Waals surface area contributed by atoms with Crippen molar-refractivity contribution in [2.45, 2.75) is 13.0 Å². The zero-order valence-electron chi connectivity index (χ0n) is 10.8. The molecule has 0 radical (unpaired) electrons. The van der Waals surface area contributed by atoms with Crippen molar-refractivity contribution in [3.8, 4) is 5.75 Å². The molecule has 2 aromatic rings. The van der Waals surface area contributed by atoms with E-state index in [0.29, 0.717) is 6.54 Å². The van der Waals surface area contributed by atoms with E-state index in [-0.39, 0.29) is 5.92 Å². The Bertz CT molecular complexity index is 539. The first kappa shape index (κ1) is 12.9. The monoisotopic (exact) mass is 245 g/mol. The molecule has 0 aliphatic carbocycles. The van der Waals surface area contributed by atoms with Gasteiger partial charge in [0, 0.05) is 5.39 Å². The summed E-state index contributed by atoms with van der Waals surface area (Å²) in [4.78, 5) is 0. The summed E-state index contributed by atoms with van der Waals surface area (Å²) in [7, 11) is 1.65. The van der Waals surface area contributed by atoms with Crippen molar-refractivity contribution in [2.75, 3.05) is 13.7 Å². The maximum Gasteiger partial charge on any atom is 0.126 e. The number of methoxy groups -OCH3 is 1. The highest BCUT2D eigenvalue weighted by atomic mass is 16.5. The number of hydrogen-bond acceptors (Lipinski definition) is 3. The highest BCUT2D eigenvalue weighted by Crippen LogP contribution is 2.33. The Morgan fingerprint density at radius 2 is 1.83 bits per heavy atom. The second-order valence-corrected chi connectivity index (χ2v) is 4.56. The van der Waals surface area contributed by atoms with Gasteiger partial charge < -0.3 is 15.6 Å². The van der Waals surface area contributed by atoms with Crippen molar-refractivity contribution in [1.82, 2.24) is 0 Å². The van der Waals surface area contributed by atoms with E-state index >= 15 is 0 Å². The van der Waals surface area contributed by atoms with Gasteiger partial charge in [0.25, 0.3) is 0 Å². The molecule has 3 nitrogen and oxygen atoms in total. The SMILES string of the molecule is COc1ccc(C(O)C(C)CN)c2ccccc12. The van der Waals surface area contributed by atoms with Gasteiger partial charge in [0.2, 0.25) is 0 Å². The normalized spacial score (nSPS) is 14.4. The van der Waals surface area contributed by atoms with Crippen LogP contribution in [0.25, 0.3) is 10.8 Å². The van der Waals surface area contributed by atoms with Crippen molar-refractivity contribution >= 4 is 10.8 Å². The van der Waals surface area contributed by atoms with Crippen molar-refractivity contribution in [3.05, 3.63) is 42.0 Å². The van der Waals surface area contributed by atoms with Crippen molar-refractivity contribution < 1.29 is 9.84 Å². The molecule has 0 saturated heterocycles. The van der Waals surface area contributed by atoms with Crippen LogP contribution in [0.5, 0.6) is 5.75 Å². The second-order valence-electron chi connectivity index (χ2n) is 4.56. The quantitative estimate of drug-likeness (QED) is 0.870. The van der Waals surface area contributed by atoms with Gasteiger partial charge >= 0.3 is 0 Å². The van der Waals surface area contributed by atoms with E-state index in [2.05, 4.69) is 0 Å². The minimum absolute atomic E-state index is 0.0294. The number of hydrogen-bond donors (Lipinski definition) is 2. The van der Waals surface area contributed by atoms with Crippen LogP contribution in [-0.4, -0.2) is 18.8 Å². The van der Waals surface area contributed by atoms with E-state index in [4.69, 9.17) is 10.5 Å². The number of aliphatic hydroxyl groups is 1. The average molecular weight is 245 g/mol. The molecule has 3 heteroatoms. The lowest BCUT2D eigenvalue weighted by Gasteiger charge is -2.20. The number of ether oxygens (including phenoxy) is 1. The van der Waals surface area contributed by atoms with E-state index in [9.17, 15) is 5.11 Å². The molecule has 2 atom stereocenters. The van der Waals surface area contributed by atoms with Gasteiger partial charge in [-0.3, -0.25) is 0 Å². The van der Waals surface area contributed by atoms with Crippen LogP contribution in [0, 0.1) is 5.92 Å². The highest BCUT2D eigenvalue weighted by molar-refractivity contribution is 5.91. The third-order valence-electron chi connectivity index (χ3n) is 3.37. The van der Waals surface area contributed by atoms with Crippen LogP contribution in [0.4, 0.5) is 0 Å². The lowest BCUT2D eigenvalue weighted by atomic mass is 9.93. The zero-order chi connectivity index (χ0) is 13.1. The third kappa shape index (κ3) is 2.19. The molecule has 0 spiro atoms. The summed E-state index contributed by atoms with van der Waals surface area (Å²) in [5, 5.41) is 12.4. The minimum atomic E-state index is -0.550. The first-order valence-electron chi connectivity index (χ1n) is 6.12.